The molecular formula is C12H18ClIN2O. The van der Waals surface area contributed by atoms with Gasteiger partial charge >= 0.3 is 0 Å². The van der Waals surface area contributed by atoms with E-state index in [2.05, 4.69) is 46.4 Å². The molecule has 0 aliphatic rings. The van der Waals surface area contributed by atoms with E-state index in [9.17, 15) is 0 Å². The molecule has 1 heterocycles. The standard InChI is InChI=1S/C12H18ClIN2O/c1-5-9(17-4)12-15-8(6-7(2)3)10(14)11(13)16-12/h7,9H,5-6H2,1-4H3. The Bertz CT molecular complexity index is 381. The second-order valence-electron chi connectivity index (χ2n) is 4.36. The summed E-state index contributed by atoms with van der Waals surface area (Å²) in [6.45, 7) is 6.38. The Balaban J connectivity index is 3.13. The summed E-state index contributed by atoms with van der Waals surface area (Å²) in [5.74, 6) is 1.24. The molecule has 5 heteroatoms. The normalized spacial score (nSPS) is 13.1. The lowest BCUT2D eigenvalue weighted by Crippen LogP contribution is -2.11. The summed E-state index contributed by atoms with van der Waals surface area (Å²) in [6.07, 6.45) is 1.68. The Morgan fingerprint density at radius 2 is 2.00 bits per heavy atom. The number of nitrogens with zero attached hydrogens (tertiary/aromatic N) is 2. The second-order valence-corrected chi connectivity index (χ2v) is 5.80. The van der Waals surface area contributed by atoms with E-state index in [1.807, 2.05) is 6.92 Å². The van der Waals surface area contributed by atoms with Crippen molar-refractivity contribution in [2.75, 3.05) is 7.11 Å². The zero-order valence-electron chi connectivity index (χ0n) is 10.6. The molecule has 0 amide bonds. The van der Waals surface area contributed by atoms with Crippen molar-refractivity contribution in [2.24, 2.45) is 5.92 Å². The largest absolute Gasteiger partial charge is 0.373 e. The van der Waals surface area contributed by atoms with Crippen LogP contribution in [-0.2, 0) is 11.2 Å². The molecule has 0 saturated heterocycles. The van der Waals surface area contributed by atoms with Gasteiger partial charge in [-0.3, -0.25) is 0 Å². The van der Waals surface area contributed by atoms with Crippen LogP contribution in [0.25, 0.3) is 0 Å². The molecule has 0 spiro atoms. The number of halogens is 2. The third-order valence-corrected chi connectivity index (χ3v) is 4.17. The molecule has 1 rings (SSSR count). The van der Waals surface area contributed by atoms with Gasteiger partial charge in [-0.05, 0) is 41.4 Å². The monoisotopic (exact) mass is 368 g/mol. The summed E-state index contributed by atoms with van der Waals surface area (Å²) >= 11 is 8.35. The predicted octanol–water partition coefficient (Wildman–Crippen LogP) is 4.03. The van der Waals surface area contributed by atoms with E-state index >= 15 is 0 Å². The van der Waals surface area contributed by atoms with Crippen molar-refractivity contribution in [3.63, 3.8) is 0 Å². The van der Waals surface area contributed by atoms with Gasteiger partial charge in [0.15, 0.2) is 5.82 Å². The average Bonchev–Trinajstić information content (AvgIpc) is 2.26. The zero-order chi connectivity index (χ0) is 13.0. The molecule has 0 N–H and O–H groups in total. The number of methoxy groups -OCH3 is 1. The highest BCUT2D eigenvalue weighted by Crippen LogP contribution is 2.25. The van der Waals surface area contributed by atoms with Gasteiger partial charge in [-0.2, -0.15) is 0 Å². The highest BCUT2D eigenvalue weighted by atomic mass is 127. The van der Waals surface area contributed by atoms with E-state index in [1.54, 1.807) is 7.11 Å². The van der Waals surface area contributed by atoms with Gasteiger partial charge in [0.2, 0.25) is 0 Å². The molecule has 0 bridgehead atoms. The molecule has 3 nitrogen and oxygen atoms in total. The lowest BCUT2D eigenvalue weighted by Gasteiger charge is -2.15. The van der Waals surface area contributed by atoms with Gasteiger partial charge in [0.1, 0.15) is 11.3 Å². The summed E-state index contributed by atoms with van der Waals surface area (Å²) in [5.41, 5.74) is 1.02. The van der Waals surface area contributed by atoms with Crippen LogP contribution in [0.1, 0.15) is 44.8 Å². The summed E-state index contributed by atoms with van der Waals surface area (Å²) in [7, 11) is 1.67. The molecule has 0 radical (unpaired) electrons. The molecule has 0 aromatic carbocycles. The van der Waals surface area contributed by atoms with Crippen LogP contribution in [0.2, 0.25) is 5.15 Å². The van der Waals surface area contributed by atoms with E-state index < -0.39 is 0 Å². The number of aromatic nitrogens is 2. The quantitative estimate of drug-likeness (QED) is 0.581. The van der Waals surface area contributed by atoms with Crippen molar-refractivity contribution < 1.29 is 4.74 Å². The van der Waals surface area contributed by atoms with Gasteiger partial charge in [0.05, 0.1) is 9.26 Å². The van der Waals surface area contributed by atoms with Crippen molar-refractivity contribution >= 4 is 34.2 Å². The van der Waals surface area contributed by atoms with Crippen molar-refractivity contribution in [1.29, 1.82) is 0 Å². The number of hydrogen-bond acceptors (Lipinski definition) is 3. The van der Waals surface area contributed by atoms with Gasteiger partial charge in [-0.15, -0.1) is 0 Å². The first-order chi connectivity index (χ1) is 7.99. The molecule has 96 valence electrons. The second kappa shape index (κ2) is 6.85. The zero-order valence-corrected chi connectivity index (χ0v) is 13.5. The van der Waals surface area contributed by atoms with E-state index in [4.69, 9.17) is 16.3 Å². The molecular weight excluding hydrogens is 351 g/mol. The van der Waals surface area contributed by atoms with Gasteiger partial charge in [-0.25, -0.2) is 9.97 Å². The highest BCUT2D eigenvalue weighted by Gasteiger charge is 2.17. The smallest absolute Gasteiger partial charge is 0.159 e. The maximum absolute atomic E-state index is 6.15. The molecule has 1 unspecified atom stereocenters. The maximum Gasteiger partial charge on any atom is 0.159 e. The molecule has 1 aromatic rings. The lowest BCUT2D eigenvalue weighted by molar-refractivity contribution is 0.0923. The van der Waals surface area contributed by atoms with Crippen molar-refractivity contribution in [2.45, 2.75) is 39.7 Å². The Kier molecular flexibility index (Phi) is 6.09. The Labute approximate surface area is 121 Å². The Hall–Kier alpha value is 0.0600. The minimum absolute atomic E-state index is 0.0737. The fourth-order valence-corrected chi connectivity index (χ4v) is 2.26. The molecule has 0 saturated carbocycles. The third-order valence-electron chi connectivity index (χ3n) is 2.44. The van der Waals surface area contributed by atoms with Crippen LogP contribution in [0.4, 0.5) is 0 Å². The highest BCUT2D eigenvalue weighted by molar-refractivity contribution is 14.1. The predicted molar refractivity (Wildman–Crippen MR) is 78.3 cm³/mol. The average molecular weight is 369 g/mol. The van der Waals surface area contributed by atoms with Crippen LogP contribution in [-0.4, -0.2) is 17.1 Å². The SMILES string of the molecule is CCC(OC)c1nc(Cl)c(I)c(CC(C)C)n1. The van der Waals surface area contributed by atoms with Crippen LogP contribution in [0, 0.1) is 9.49 Å². The van der Waals surface area contributed by atoms with Crippen LogP contribution in [0.15, 0.2) is 0 Å². The first kappa shape index (κ1) is 15.1. The summed E-state index contributed by atoms with van der Waals surface area (Å²) in [6, 6.07) is 0. The minimum Gasteiger partial charge on any atom is -0.373 e. The third kappa shape index (κ3) is 4.03. The van der Waals surface area contributed by atoms with Gasteiger partial charge in [-0.1, -0.05) is 32.4 Å². The molecule has 1 atom stereocenters. The molecule has 0 aliphatic heterocycles. The molecule has 17 heavy (non-hydrogen) atoms. The van der Waals surface area contributed by atoms with Gasteiger partial charge < -0.3 is 4.74 Å². The van der Waals surface area contributed by atoms with Crippen LogP contribution < -0.4 is 0 Å². The van der Waals surface area contributed by atoms with Gasteiger partial charge in [0.25, 0.3) is 0 Å². The van der Waals surface area contributed by atoms with Crippen molar-refractivity contribution in [1.82, 2.24) is 9.97 Å². The summed E-state index contributed by atoms with van der Waals surface area (Å²) in [4.78, 5) is 8.89. The fourth-order valence-electron chi connectivity index (χ4n) is 1.60. The van der Waals surface area contributed by atoms with Gasteiger partial charge in [0, 0.05) is 7.11 Å². The molecule has 0 fully saturated rings. The van der Waals surface area contributed by atoms with E-state index in [-0.39, 0.29) is 6.10 Å². The van der Waals surface area contributed by atoms with Crippen LogP contribution in [0.5, 0.6) is 0 Å². The summed E-state index contributed by atoms with van der Waals surface area (Å²) < 4.78 is 6.31. The fraction of sp³-hybridized carbons (Fsp3) is 0.667. The van der Waals surface area contributed by atoms with E-state index in [0.717, 1.165) is 22.1 Å². The first-order valence-electron chi connectivity index (χ1n) is 5.74. The van der Waals surface area contributed by atoms with Crippen molar-refractivity contribution in [3.8, 4) is 0 Å². The molecule has 0 aliphatic carbocycles. The lowest BCUT2D eigenvalue weighted by atomic mass is 10.1. The molecule has 1 aromatic heterocycles. The van der Waals surface area contributed by atoms with Crippen molar-refractivity contribution in [3.05, 3.63) is 20.2 Å². The number of hydrogen-bond donors (Lipinski definition) is 0. The minimum atomic E-state index is -0.0737. The topological polar surface area (TPSA) is 35.0 Å². The van der Waals surface area contributed by atoms with E-state index in [1.165, 1.54) is 0 Å². The number of ether oxygens (including phenoxy) is 1. The Morgan fingerprint density at radius 3 is 2.47 bits per heavy atom. The number of rotatable bonds is 5. The maximum atomic E-state index is 6.15. The first-order valence-corrected chi connectivity index (χ1v) is 7.19. The van der Waals surface area contributed by atoms with Crippen LogP contribution in [0.3, 0.4) is 0 Å². The Morgan fingerprint density at radius 1 is 1.35 bits per heavy atom. The summed E-state index contributed by atoms with van der Waals surface area (Å²) in [5, 5.41) is 0.529. The van der Waals surface area contributed by atoms with Crippen LogP contribution >= 0.6 is 34.2 Å². The van der Waals surface area contributed by atoms with E-state index in [0.29, 0.717) is 16.9 Å².